The highest BCUT2D eigenvalue weighted by Crippen LogP contribution is 2.36. The molecule has 1 aromatic rings. The zero-order chi connectivity index (χ0) is 13.6. The summed E-state index contributed by atoms with van der Waals surface area (Å²) < 4.78 is 11.8. The van der Waals surface area contributed by atoms with Gasteiger partial charge in [0.2, 0.25) is 0 Å². The van der Waals surface area contributed by atoms with E-state index in [1.807, 2.05) is 11.3 Å². The van der Waals surface area contributed by atoms with Crippen LogP contribution in [0.3, 0.4) is 0 Å². The molecule has 108 valence electrons. The molecule has 0 aliphatic carbocycles. The van der Waals surface area contributed by atoms with E-state index in [9.17, 15) is 0 Å². The first kappa shape index (κ1) is 15.4. The normalized spacial score (nSPS) is 18.6. The third-order valence-corrected chi connectivity index (χ3v) is 5.41. The van der Waals surface area contributed by atoms with Crippen molar-refractivity contribution >= 4 is 27.3 Å². The van der Waals surface area contributed by atoms with Gasteiger partial charge in [-0.05, 0) is 46.7 Å². The zero-order valence-corrected chi connectivity index (χ0v) is 13.8. The molecular weight excluding hydrogens is 326 g/mol. The first-order chi connectivity index (χ1) is 9.24. The summed E-state index contributed by atoms with van der Waals surface area (Å²) in [4.78, 5) is 1.46. The fraction of sp³-hybridized carbons (Fsp3) is 0.714. The summed E-state index contributed by atoms with van der Waals surface area (Å²) in [6.07, 6.45) is 3.43. The van der Waals surface area contributed by atoms with Crippen molar-refractivity contribution in [2.45, 2.75) is 19.3 Å². The van der Waals surface area contributed by atoms with Crippen LogP contribution in [0.1, 0.15) is 17.7 Å². The SMILES string of the molecule is COCCNCC1(Cc2cc(Br)cs2)CCOCC1. The minimum absolute atomic E-state index is 0.344. The highest BCUT2D eigenvalue weighted by Gasteiger charge is 2.32. The van der Waals surface area contributed by atoms with Gasteiger partial charge in [0.05, 0.1) is 6.61 Å². The van der Waals surface area contributed by atoms with Gasteiger partial charge in [0.15, 0.2) is 0 Å². The molecule has 3 nitrogen and oxygen atoms in total. The first-order valence-corrected chi connectivity index (χ1v) is 8.42. The van der Waals surface area contributed by atoms with Crippen LogP contribution in [-0.2, 0) is 15.9 Å². The molecule has 1 aromatic heterocycles. The molecule has 0 unspecified atom stereocenters. The molecule has 2 rings (SSSR count). The second kappa shape index (κ2) is 7.74. The highest BCUT2D eigenvalue weighted by atomic mass is 79.9. The van der Waals surface area contributed by atoms with Gasteiger partial charge in [0, 0.05) is 48.1 Å². The van der Waals surface area contributed by atoms with Crippen LogP contribution in [0.2, 0.25) is 0 Å². The van der Waals surface area contributed by atoms with Gasteiger partial charge >= 0.3 is 0 Å². The van der Waals surface area contributed by atoms with Crippen molar-refractivity contribution in [3.8, 4) is 0 Å². The van der Waals surface area contributed by atoms with Crippen LogP contribution < -0.4 is 5.32 Å². The van der Waals surface area contributed by atoms with Crippen LogP contribution in [-0.4, -0.2) is 40.0 Å². The summed E-state index contributed by atoms with van der Waals surface area (Å²) in [6, 6.07) is 2.25. The fourth-order valence-electron chi connectivity index (χ4n) is 2.56. The quantitative estimate of drug-likeness (QED) is 0.768. The first-order valence-electron chi connectivity index (χ1n) is 6.74. The Hall–Kier alpha value is 0.0600. The molecule has 1 N–H and O–H groups in total. The molecule has 0 bridgehead atoms. The Labute approximate surface area is 127 Å². The van der Waals surface area contributed by atoms with Crippen molar-refractivity contribution in [2.24, 2.45) is 5.41 Å². The Kier molecular flexibility index (Phi) is 6.29. The van der Waals surface area contributed by atoms with Gasteiger partial charge in [-0.2, -0.15) is 0 Å². The van der Waals surface area contributed by atoms with Crippen molar-refractivity contribution in [3.63, 3.8) is 0 Å². The summed E-state index contributed by atoms with van der Waals surface area (Å²) in [7, 11) is 1.75. The maximum Gasteiger partial charge on any atom is 0.0587 e. The minimum Gasteiger partial charge on any atom is -0.383 e. The molecule has 5 heteroatoms. The van der Waals surface area contributed by atoms with Gasteiger partial charge in [-0.25, -0.2) is 0 Å². The molecule has 0 spiro atoms. The fourth-order valence-corrected chi connectivity index (χ4v) is 4.19. The summed E-state index contributed by atoms with van der Waals surface area (Å²) >= 11 is 5.39. The lowest BCUT2D eigenvalue weighted by molar-refractivity contribution is 0.0147. The molecule has 19 heavy (non-hydrogen) atoms. The van der Waals surface area contributed by atoms with Gasteiger partial charge in [0.25, 0.3) is 0 Å². The van der Waals surface area contributed by atoms with E-state index < -0.39 is 0 Å². The molecule has 0 radical (unpaired) electrons. The van der Waals surface area contributed by atoms with Crippen molar-refractivity contribution in [1.82, 2.24) is 5.32 Å². The molecule has 2 heterocycles. The van der Waals surface area contributed by atoms with E-state index in [2.05, 4.69) is 32.7 Å². The second-order valence-electron chi connectivity index (χ2n) is 5.19. The highest BCUT2D eigenvalue weighted by molar-refractivity contribution is 9.10. The topological polar surface area (TPSA) is 30.5 Å². The summed E-state index contributed by atoms with van der Waals surface area (Å²) in [5.74, 6) is 0. The van der Waals surface area contributed by atoms with E-state index >= 15 is 0 Å². The van der Waals surface area contributed by atoms with Crippen LogP contribution in [0, 0.1) is 5.41 Å². The number of hydrogen-bond donors (Lipinski definition) is 1. The Morgan fingerprint density at radius 1 is 1.47 bits per heavy atom. The Bertz CT molecular complexity index is 377. The van der Waals surface area contributed by atoms with Crippen molar-refractivity contribution in [3.05, 3.63) is 20.8 Å². The molecule has 0 aromatic carbocycles. The second-order valence-corrected chi connectivity index (χ2v) is 7.10. The maximum atomic E-state index is 5.54. The number of ether oxygens (including phenoxy) is 2. The van der Waals surface area contributed by atoms with Gasteiger partial charge in [-0.15, -0.1) is 11.3 Å². The van der Waals surface area contributed by atoms with Crippen LogP contribution in [0.15, 0.2) is 15.9 Å². The zero-order valence-electron chi connectivity index (χ0n) is 11.4. The van der Waals surface area contributed by atoms with Crippen LogP contribution in [0.4, 0.5) is 0 Å². The van der Waals surface area contributed by atoms with Gasteiger partial charge in [-0.3, -0.25) is 0 Å². The Morgan fingerprint density at radius 3 is 2.89 bits per heavy atom. The smallest absolute Gasteiger partial charge is 0.0587 e. The maximum absolute atomic E-state index is 5.54. The van der Waals surface area contributed by atoms with Crippen LogP contribution in [0.25, 0.3) is 0 Å². The number of methoxy groups -OCH3 is 1. The number of hydrogen-bond acceptors (Lipinski definition) is 4. The lowest BCUT2D eigenvalue weighted by Gasteiger charge is -2.37. The average molecular weight is 348 g/mol. The average Bonchev–Trinajstić information content (AvgIpc) is 2.81. The lowest BCUT2D eigenvalue weighted by Crippen LogP contribution is -2.41. The van der Waals surface area contributed by atoms with Crippen LogP contribution in [0.5, 0.6) is 0 Å². The number of halogens is 1. The predicted octanol–water partition coefficient (Wildman–Crippen LogP) is 3.09. The molecule has 1 saturated heterocycles. The van der Waals surface area contributed by atoms with E-state index in [0.717, 1.165) is 52.2 Å². The van der Waals surface area contributed by atoms with Crippen molar-refractivity contribution < 1.29 is 9.47 Å². The third kappa shape index (κ3) is 4.83. The largest absolute Gasteiger partial charge is 0.383 e. The van der Waals surface area contributed by atoms with Gasteiger partial charge < -0.3 is 14.8 Å². The summed E-state index contributed by atoms with van der Waals surface area (Å²) in [5, 5.41) is 5.70. The standard InChI is InChI=1S/C14H22BrNO2S/c1-17-7-4-16-11-14(2-5-18-6-3-14)9-13-8-12(15)10-19-13/h8,10,16H,2-7,9,11H2,1H3. The molecular formula is C14H22BrNO2S. The number of nitrogens with one attached hydrogen (secondary N) is 1. The lowest BCUT2D eigenvalue weighted by atomic mass is 9.77. The predicted molar refractivity (Wildman–Crippen MR) is 83.0 cm³/mol. The molecule has 0 saturated carbocycles. The van der Waals surface area contributed by atoms with E-state index in [0.29, 0.717) is 5.41 Å². The van der Waals surface area contributed by atoms with Crippen molar-refractivity contribution in [2.75, 3.05) is 40.0 Å². The third-order valence-electron chi connectivity index (χ3n) is 3.71. The monoisotopic (exact) mass is 347 g/mol. The van der Waals surface area contributed by atoms with Crippen LogP contribution >= 0.6 is 27.3 Å². The van der Waals surface area contributed by atoms with Gasteiger partial charge in [0.1, 0.15) is 0 Å². The summed E-state index contributed by atoms with van der Waals surface area (Å²) in [6.45, 7) is 4.52. The molecule has 0 amide bonds. The summed E-state index contributed by atoms with van der Waals surface area (Å²) in [5.41, 5.74) is 0.344. The number of rotatable bonds is 7. The van der Waals surface area contributed by atoms with Gasteiger partial charge in [-0.1, -0.05) is 0 Å². The number of thiophene rings is 1. The molecule has 1 fully saturated rings. The van der Waals surface area contributed by atoms with E-state index in [1.165, 1.54) is 9.35 Å². The Balaban J connectivity index is 1.93. The van der Waals surface area contributed by atoms with E-state index in [1.54, 1.807) is 7.11 Å². The van der Waals surface area contributed by atoms with E-state index in [4.69, 9.17) is 9.47 Å². The Morgan fingerprint density at radius 2 is 2.26 bits per heavy atom. The van der Waals surface area contributed by atoms with Crippen molar-refractivity contribution in [1.29, 1.82) is 0 Å². The molecule has 0 atom stereocenters. The molecule has 1 aliphatic rings. The minimum atomic E-state index is 0.344. The van der Waals surface area contributed by atoms with E-state index in [-0.39, 0.29) is 0 Å². The molecule has 1 aliphatic heterocycles.